The topological polar surface area (TPSA) is 54.9 Å². The lowest BCUT2D eigenvalue weighted by molar-refractivity contribution is 0.102. The van der Waals surface area contributed by atoms with Crippen LogP contribution < -0.4 is 5.32 Å². The molecule has 1 N–H and O–H groups in total. The summed E-state index contributed by atoms with van der Waals surface area (Å²) in [7, 11) is 0. The molecule has 2 aromatic heterocycles. The molecule has 2 aromatic rings. The molecule has 0 unspecified atom stereocenters. The zero-order chi connectivity index (χ0) is 13.1. The summed E-state index contributed by atoms with van der Waals surface area (Å²) < 4.78 is 0.746. The van der Waals surface area contributed by atoms with Crippen molar-refractivity contribution in [2.45, 2.75) is 13.8 Å². The van der Waals surface area contributed by atoms with Crippen LogP contribution in [0.2, 0.25) is 0 Å². The molecule has 2 heterocycles. The maximum Gasteiger partial charge on any atom is 0.258 e. The van der Waals surface area contributed by atoms with Gasteiger partial charge in [-0.3, -0.25) is 9.78 Å². The Morgan fingerprint density at radius 2 is 2.06 bits per heavy atom. The minimum atomic E-state index is -0.209. The maximum absolute atomic E-state index is 12.1. The number of rotatable bonds is 2. The highest BCUT2D eigenvalue weighted by molar-refractivity contribution is 9.10. The zero-order valence-corrected chi connectivity index (χ0v) is 11.7. The van der Waals surface area contributed by atoms with Gasteiger partial charge in [-0.25, -0.2) is 4.98 Å². The van der Waals surface area contributed by atoms with Crippen molar-refractivity contribution in [3.8, 4) is 0 Å². The van der Waals surface area contributed by atoms with E-state index < -0.39 is 0 Å². The number of anilines is 1. The first-order valence-corrected chi connectivity index (χ1v) is 6.23. The lowest BCUT2D eigenvalue weighted by Gasteiger charge is -2.08. The molecule has 0 aliphatic carbocycles. The first-order chi connectivity index (χ1) is 8.58. The number of carbonyl (C=O) groups is 1. The Morgan fingerprint density at radius 1 is 1.28 bits per heavy atom. The Balaban J connectivity index is 2.25. The molecule has 0 aromatic carbocycles. The molecule has 0 aliphatic heterocycles. The Kier molecular flexibility index (Phi) is 3.72. The Morgan fingerprint density at radius 3 is 2.72 bits per heavy atom. The molecule has 0 aliphatic rings. The fraction of sp³-hybridized carbons (Fsp3) is 0.154. The molecule has 18 heavy (non-hydrogen) atoms. The van der Waals surface area contributed by atoms with E-state index in [4.69, 9.17) is 0 Å². The summed E-state index contributed by atoms with van der Waals surface area (Å²) in [5, 5.41) is 2.75. The van der Waals surface area contributed by atoms with Crippen LogP contribution in [-0.2, 0) is 0 Å². The van der Waals surface area contributed by atoms with Crippen molar-refractivity contribution in [3.05, 3.63) is 51.9 Å². The lowest BCUT2D eigenvalue weighted by Crippen LogP contribution is -2.15. The quantitative estimate of drug-likeness (QED) is 0.927. The molecule has 0 saturated heterocycles. The molecule has 92 valence electrons. The number of aryl methyl sites for hydroxylation is 2. The fourth-order valence-corrected chi connectivity index (χ4v) is 1.93. The summed E-state index contributed by atoms with van der Waals surface area (Å²) in [6.07, 6.45) is 1.63. The number of nitrogens with zero attached hydrogens (tertiary/aromatic N) is 2. The van der Waals surface area contributed by atoms with Gasteiger partial charge in [0.2, 0.25) is 0 Å². The lowest BCUT2D eigenvalue weighted by atomic mass is 10.2. The monoisotopic (exact) mass is 305 g/mol. The SMILES string of the molecule is Cc1ccc(C(=O)Nc2ncccc2Br)c(C)n1. The number of hydrogen-bond donors (Lipinski definition) is 1. The van der Waals surface area contributed by atoms with Gasteiger partial charge in [0.1, 0.15) is 5.82 Å². The molecule has 0 spiro atoms. The molecule has 1 amide bonds. The van der Waals surface area contributed by atoms with E-state index in [1.54, 1.807) is 18.3 Å². The van der Waals surface area contributed by atoms with Crippen LogP contribution in [0.3, 0.4) is 0 Å². The van der Waals surface area contributed by atoms with Gasteiger partial charge in [0.15, 0.2) is 0 Å². The predicted octanol–water partition coefficient (Wildman–Crippen LogP) is 3.11. The third kappa shape index (κ3) is 2.73. The van der Waals surface area contributed by atoms with E-state index >= 15 is 0 Å². The third-order valence-corrected chi connectivity index (χ3v) is 3.10. The van der Waals surface area contributed by atoms with Crippen molar-refractivity contribution < 1.29 is 4.79 Å². The average molecular weight is 306 g/mol. The number of nitrogens with one attached hydrogen (secondary N) is 1. The predicted molar refractivity (Wildman–Crippen MR) is 73.6 cm³/mol. The second-order valence-electron chi connectivity index (χ2n) is 3.87. The second kappa shape index (κ2) is 5.27. The van der Waals surface area contributed by atoms with Gasteiger partial charge >= 0.3 is 0 Å². The van der Waals surface area contributed by atoms with E-state index in [2.05, 4.69) is 31.2 Å². The number of halogens is 1. The average Bonchev–Trinajstić information content (AvgIpc) is 2.32. The molecule has 0 bridgehead atoms. The minimum Gasteiger partial charge on any atom is -0.306 e. The van der Waals surface area contributed by atoms with Gasteiger partial charge in [-0.1, -0.05) is 0 Å². The van der Waals surface area contributed by atoms with Crippen LogP contribution in [0.15, 0.2) is 34.9 Å². The van der Waals surface area contributed by atoms with Crippen LogP contribution in [0, 0.1) is 13.8 Å². The number of hydrogen-bond acceptors (Lipinski definition) is 3. The van der Waals surface area contributed by atoms with E-state index in [0.29, 0.717) is 17.1 Å². The van der Waals surface area contributed by atoms with E-state index in [1.165, 1.54) is 0 Å². The molecular formula is C13H12BrN3O. The molecule has 4 nitrogen and oxygen atoms in total. The number of aromatic nitrogens is 2. The molecule has 0 radical (unpaired) electrons. The molecular weight excluding hydrogens is 294 g/mol. The van der Waals surface area contributed by atoms with Gasteiger partial charge < -0.3 is 5.32 Å². The standard InChI is InChI=1S/C13H12BrN3O/c1-8-5-6-10(9(2)16-8)13(18)17-12-11(14)4-3-7-15-12/h3-7H,1-2H3,(H,15,17,18). The number of carbonyl (C=O) groups excluding carboxylic acids is 1. The van der Waals surface area contributed by atoms with Crippen LogP contribution in [0.1, 0.15) is 21.7 Å². The Hall–Kier alpha value is -1.75. The summed E-state index contributed by atoms with van der Waals surface area (Å²) in [6, 6.07) is 7.19. The van der Waals surface area contributed by atoms with Gasteiger partial charge in [-0.05, 0) is 54.0 Å². The highest BCUT2D eigenvalue weighted by Crippen LogP contribution is 2.19. The first kappa shape index (κ1) is 12.7. The maximum atomic E-state index is 12.1. The van der Waals surface area contributed by atoms with Crippen LogP contribution in [0.25, 0.3) is 0 Å². The largest absolute Gasteiger partial charge is 0.306 e. The van der Waals surface area contributed by atoms with E-state index in [0.717, 1.165) is 10.2 Å². The Labute approximate surface area is 114 Å². The van der Waals surface area contributed by atoms with E-state index in [-0.39, 0.29) is 5.91 Å². The summed E-state index contributed by atoms with van der Waals surface area (Å²) in [5.74, 6) is 0.293. The van der Waals surface area contributed by atoms with Gasteiger partial charge in [-0.15, -0.1) is 0 Å². The molecule has 5 heteroatoms. The van der Waals surface area contributed by atoms with E-state index in [9.17, 15) is 4.79 Å². The summed E-state index contributed by atoms with van der Waals surface area (Å²) in [4.78, 5) is 20.4. The Bertz CT molecular complexity index is 599. The summed E-state index contributed by atoms with van der Waals surface area (Å²) in [6.45, 7) is 3.71. The van der Waals surface area contributed by atoms with Crippen LogP contribution >= 0.6 is 15.9 Å². The van der Waals surface area contributed by atoms with Gasteiger partial charge in [0.25, 0.3) is 5.91 Å². The van der Waals surface area contributed by atoms with E-state index in [1.807, 2.05) is 26.0 Å². The van der Waals surface area contributed by atoms with Gasteiger partial charge in [0, 0.05) is 11.9 Å². The first-order valence-electron chi connectivity index (χ1n) is 5.44. The third-order valence-electron chi connectivity index (χ3n) is 2.46. The zero-order valence-electron chi connectivity index (χ0n) is 10.1. The minimum absolute atomic E-state index is 0.209. The van der Waals surface area contributed by atoms with Crippen LogP contribution in [0.5, 0.6) is 0 Å². The molecule has 0 atom stereocenters. The second-order valence-corrected chi connectivity index (χ2v) is 4.73. The smallest absolute Gasteiger partial charge is 0.258 e. The van der Waals surface area contributed by atoms with Crippen molar-refractivity contribution in [2.75, 3.05) is 5.32 Å². The molecule has 2 rings (SSSR count). The summed E-state index contributed by atoms with van der Waals surface area (Å²) >= 11 is 3.33. The highest BCUT2D eigenvalue weighted by Gasteiger charge is 2.12. The van der Waals surface area contributed by atoms with Crippen molar-refractivity contribution in [1.82, 2.24) is 9.97 Å². The van der Waals surface area contributed by atoms with Crippen molar-refractivity contribution in [2.24, 2.45) is 0 Å². The normalized spacial score (nSPS) is 10.2. The van der Waals surface area contributed by atoms with Crippen molar-refractivity contribution >= 4 is 27.7 Å². The fourth-order valence-electron chi connectivity index (χ4n) is 1.58. The van der Waals surface area contributed by atoms with Crippen molar-refractivity contribution in [1.29, 1.82) is 0 Å². The van der Waals surface area contributed by atoms with Crippen LogP contribution in [0.4, 0.5) is 5.82 Å². The molecule has 0 saturated carbocycles. The molecule has 0 fully saturated rings. The van der Waals surface area contributed by atoms with Crippen molar-refractivity contribution in [3.63, 3.8) is 0 Å². The number of amides is 1. The van der Waals surface area contributed by atoms with Gasteiger partial charge in [0.05, 0.1) is 15.7 Å². The van der Waals surface area contributed by atoms with Gasteiger partial charge in [-0.2, -0.15) is 0 Å². The van der Waals surface area contributed by atoms with Crippen LogP contribution in [-0.4, -0.2) is 15.9 Å². The summed E-state index contributed by atoms with van der Waals surface area (Å²) in [5.41, 5.74) is 2.15. The number of pyridine rings is 2. The highest BCUT2D eigenvalue weighted by atomic mass is 79.9.